The standard InChI is InChI=1S/C11H17N4O2P/c1-8-3-5-14(7-9(8)13-18)10-2-4-12-6-11(10)15(16)17/h2,4,6,8-9,13H,3,5,7,18H2,1H3. The fourth-order valence-electron chi connectivity index (χ4n) is 2.29. The Morgan fingerprint density at radius 1 is 1.67 bits per heavy atom. The second-order valence-electron chi connectivity index (χ2n) is 4.61. The summed E-state index contributed by atoms with van der Waals surface area (Å²) in [7, 11) is 2.53. The number of pyridine rings is 1. The van der Waals surface area contributed by atoms with Crippen molar-refractivity contribution in [2.45, 2.75) is 19.4 Å². The second kappa shape index (κ2) is 5.59. The summed E-state index contributed by atoms with van der Waals surface area (Å²) in [6.07, 6.45) is 3.94. The molecule has 1 aliphatic heterocycles. The van der Waals surface area contributed by atoms with Crippen LogP contribution in [0.5, 0.6) is 0 Å². The van der Waals surface area contributed by atoms with Crippen molar-refractivity contribution in [3.63, 3.8) is 0 Å². The van der Waals surface area contributed by atoms with Gasteiger partial charge in [-0.2, -0.15) is 0 Å². The van der Waals surface area contributed by atoms with Crippen LogP contribution in [0.4, 0.5) is 11.4 Å². The molecule has 7 heteroatoms. The van der Waals surface area contributed by atoms with Crippen LogP contribution in [0.1, 0.15) is 13.3 Å². The van der Waals surface area contributed by atoms with Gasteiger partial charge in [0.05, 0.1) is 4.92 Å². The predicted octanol–water partition coefficient (Wildman–Crippen LogP) is 1.58. The third kappa shape index (κ3) is 2.60. The lowest BCUT2D eigenvalue weighted by Crippen LogP contribution is -2.47. The van der Waals surface area contributed by atoms with Crippen LogP contribution in [0.25, 0.3) is 0 Å². The molecule has 1 aromatic rings. The monoisotopic (exact) mass is 268 g/mol. The van der Waals surface area contributed by atoms with Crippen molar-refractivity contribution >= 4 is 20.8 Å². The molecule has 1 N–H and O–H groups in total. The van der Waals surface area contributed by atoms with Crippen molar-refractivity contribution in [3.05, 3.63) is 28.6 Å². The molecule has 1 aliphatic rings. The van der Waals surface area contributed by atoms with E-state index in [1.807, 2.05) is 0 Å². The number of piperidine rings is 1. The molecule has 2 heterocycles. The summed E-state index contributed by atoms with van der Waals surface area (Å²) in [5.74, 6) is 0.569. The maximum atomic E-state index is 11.0. The molecule has 0 aliphatic carbocycles. The van der Waals surface area contributed by atoms with E-state index in [1.54, 1.807) is 12.3 Å². The molecule has 0 bridgehead atoms. The molecular weight excluding hydrogens is 251 g/mol. The molecule has 98 valence electrons. The summed E-state index contributed by atoms with van der Waals surface area (Å²) >= 11 is 0. The highest BCUT2D eigenvalue weighted by atomic mass is 31.0. The molecule has 0 amide bonds. The summed E-state index contributed by atoms with van der Waals surface area (Å²) in [6.45, 7) is 3.81. The number of hydrogen-bond acceptors (Lipinski definition) is 5. The van der Waals surface area contributed by atoms with E-state index in [2.05, 4.69) is 31.3 Å². The average molecular weight is 268 g/mol. The Labute approximate surface area is 108 Å². The first-order chi connectivity index (χ1) is 8.63. The van der Waals surface area contributed by atoms with Gasteiger partial charge in [-0.15, -0.1) is 0 Å². The van der Waals surface area contributed by atoms with Crippen LogP contribution in [-0.4, -0.2) is 29.0 Å². The second-order valence-corrected chi connectivity index (χ2v) is 4.94. The highest BCUT2D eigenvalue weighted by Gasteiger charge is 2.28. The molecule has 3 unspecified atom stereocenters. The van der Waals surface area contributed by atoms with Crippen LogP contribution in [0, 0.1) is 16.0 Å². The van der Waals surface area contributed by atoms with Gasteiger partial charge in [-0.3, -0.25) is 20.2 Å². The van der Waals surface area contributed by atoms with Gasteiger partial charge in [0.15, 0.2) is 0 Å². The van der Waals surface area contributed by atoms with Crippen molar-refractivity contribution in [2.24, 2.45) is 5.92 Å². The van der Waals surface area contributed by atoms with Gasteiger partial charge in [0.25, 0.3) is 0 Å². The number of hydrogen-bond donors (Lipinski definition) is 1. The first-order valence-electron chi connectivity index (χ1n) is 5.93. The predicted molar refractivity (Wildman–Crippen MR) is 73.5 cm³/mol. The first kappa shape index (κ1) is 13.2. The zero-order valence-corrected chi connectivity index (χ0v) is 11.4. The van der Waals surface area contributed by atoms with E-state index in [-0.39, 0.29) is 10.6 Å². The van der Waals surface area contributed by atoms with Crippen molar-refractivity contribution in [3.8, 4) is 0 Å². The van der Waals surface area contributed by atoms with Gasteiger partial charge in [0.1, 0.15) is 11.9 Å². The van der Waals surface area contributed by atoms with Crippen LogP contribution >= 0.6 is 9.39 Å². The van der Waals surface area contributed by atoms with E-state index in [1.165, 1.54) is 6.20 Å². The van der Waals surface area contributed by atoms with Gasteiger partial charge < -0.3 is 4.90 Å². The minimum Gasteiger partial charge on any atom is -0.364 e. The van der Waals surface area contributed by atoms with Crippen molar-refractivity contribution in [1.29, 1.82) is 0 Å². The molecule has 0 radical (unpaired) electrons. The van der Waals surface area contributed by atoms with Gasteiger partial charge in [-0.25, -0.2) is 0 Å². The van der Waals surface area contributed by atoms with E-state index >= 15 is 0 Å². The SMILES string of the molecule is CC1CCN(c2ccncc2[N+](=O)[O-])CC1NP. The average Bonchev–Trinajstić information content (AvgIpc) is 2.39. The van der Waals surface area contributed by atoms with Crippen molar-refractivity contribution in [2.75, 3.05) is 18.0 Å². The molecule has 6 nitrogen and oxygen atoms in total. The zero-order valence-electron chi connectivity index (χ0n) is 10.2. The minimum atomic E-state index is -0.372. The minimum absolute atomic E-state index is 0.0783. The Kier molecular flexibility index (Phi) is 4.09. The smallest absolute Gasteiger partial charge is 0.310 e. The van der Waals surface area contributed by atoms with Crippen molar-refractivity contribution in [1.82, 2.24) is 10.1 Å². The summed E-state index contributed by atoms with van der Waals surface area (Å²) in [6, 6.07) is 2.05. The lowest BCUT2D eigenvalue weighted by atomic mass is 9.94. The fourth-order valence-corrected chi connectivity index (χ4v) is 2.73. The zero-order chi connectivity index (χ0) is 13.1. The van der Waals surface area contributed by atoms with E-state index < -0.39 is 0 Å². The van der Waals surface area contributed by atoms with Gasteiger partial charge in [0.2, 0.25) is 0 Å². The summed E-state index contributed by atoms with van der Waals surface area (Å²) in [5, 5.41) is 14.2. The van der Waals surface area contributed by atoms with Crippen LogP contribution in [0.15, 0.2) is 18.5 Å². The topological polar surface area (TPSA) is 71.3 Å². The van der Waals surface area contributed by atoms with Gasteiger partial charge in [-0.1, -0.05) is 16.3 Å². The molecule has 1 aromatic heterocycles. The molecular formula is C11H17N4O2P. The third-order valence-electron chi connectivity index (χ3n) is 3.49. The molecule has 3 atom stereocenters. The number of nitrogens with one attached hydrogen (secondary N) is 1. The summed E-state index contributed by atoms with van der Waals surface area (Å²) < 4.78 is 0. The maximum Gasteiger partial charge on any atom is 0.310 e. The molecule has 0 spiro atoms. The van der Waals surface area contributed by atoms with Crippen LogP contribution < -0.4 is 9.99 Å². The lowest BCUT2D eigenvalue weighted by molar-refractivity contribution is -0.384. The Hall–Kier alpha value is -1.26. The quantitative estimate of drug-likeness (QED) is 0.512. The number of aromatic nitrogens is 1. The van der Waals surface area contributed by atoms with Crippen LogP contribution in [-0.2, 0) is 0 Å². The largest absolute Gasteiger partial charge is 0.364 e. The summed E-state index contributed by atoms with van der Waals surface area (Å²) in [4.78, 5) is 16.5. The molecule has 0 aromatic carbocycles. The molecule has 2 rings (SSSR count). The normalized spacial score (nSPS) is 24.0. The Morgan fingerprint density at radius 3 is 3.11 bits per heavy atom. The highest BCUT2D eigenvalue weighted by molar-refractivity contribution is 7.13. The third-order valence-corrected chi connectivity index (χ3v) is 3.92. The Balaban J connectivity index is 2.24. The molecule has 0 saturated carbocycles. The van der Waals surface area contributed by atoms with Gasteiger partial charge in [0, 0.05) is 25.3 Å². The first-order valence-corrected chi connectivity index (χ1v) is 6.50. The molecule has 1 saturated heterocycles. The molecule has 1 fully saturated rings. The molecule has 18 heavy (non-hydrogen) atoms. The number of rotatable bonds is 3. The fraction of sp³-hybridized carbons (Fsp3) is 0.545. The summed E-state index contributed by atoms with van der Waals surface area (Å²) in [5.41, 5.74) is 0.738. The Bertz CT molecular complexity index is 443. The Morgan fingerprint density at radius 2 is 2.44 bits per heavy atom. The van der Waals surface area contributed by atoms with Crippen LogP contribution in [0.2, 0.25) is 0 Å². The van der Waals surface area contributed by atoms with E-state index in [0.29, 0.717) is 17.6 Å². The van der Waals surface area contributed by atoms with E-state index in [9.17, 15) is 10.1 Å². The lowest BCUT2D eigenvalue weighted by Gasteiger charge is -2.37. The number of nitrogens with zero attached hydrogens (tertiary/aromatic N) is 3. The number of anilines is 1. The van der Waals surface area contributed by atoms with Crippen molar-refractivity contribution < 1.29 is 4.92 Å². The van der Waals surface area contributed by atoms with Crippen LogP contribution in [0.3, 0.4) is 0 Å². The highest BCUT2D eigenvalue weighted by Crippen LogP contribution is 2.30. The number of nitro groups is 1. The van der Waals surface area contributed by atoms with E-state index in [4.69, 9.17) is 0 Å². The van der Waals surface area contributed by atoms with Gasteiger partial charge >= 0.3 is 5.69 Å². The van der Waals surface area contributed by atoms with E-state index in [0.717, 1.165) is 19.5 Å². The van der Waals surface area contributed by atoms with Gasteiger partial charge in [-0.05, 0) is 18.4 Å². The maximum absolute atomic E-state index is 11.0.